The summed E-state index contributed by atoms with van der Waals surface area (Å²) in [5, 5.41) is 1.76. The number of thiophene rings is 1. The van der Waals surface area contributed by atoms with Gasteiger partial charge in [0.2, 0.25) is 10.0 Å². The van der Waals surface area contributed by atoms with Crippen LogP contribution in [-0.2, 0) is 27.7 Å². The largest absolute Gasteiger partial charge is 0.379 e. The lowest BCUT2D eigenvalue weighted by Gasteiger charge is -2.27. The summed E-state index contributed by atoms with van der Waals surface area (Å²) in [4.78, 5) is 7.14. The molecule has 0 atom stereocenters. The summed E-state index contributed by atoms with van der Waals surface area (Å²) in [6.45, 7) is 5.53. The molecular weight excluding hydrogens is 396 g/mol. The van der Waals surface area contributed by atoms with Crippen LogP contribution in [0, 0.1) is 0 Å². The fourth-order valence-electron chi connectivity index (χ4n) is 3.42. The number of sulfonamides is 1. The van der Waals surface area contributed by atoms with Gasteiger partial charge in [0.05, 0.1) is 24.2 Å². The van der Waals surface area contributed by atoms with E-state index in [0.717, 1.165) is 56.3 Å². The normalized spacial score (nSPS) is 16.0. The first-order valence-electron chi connectivity index (χ1n) is 9.41. The molecule has 0 bridgehead atoms. The van der Waals surface area contributed by atoms with Gasteiger partial charge in [0, 0.05) is 39.1 Å². The summed E-state index contributed by atoms with van der Waals surface area (Å²) in [5.74, 6) is 0.906. The minimum absolute atomic E-state index is 0.321. The van der Waals surface area contributed by atoms with Crippen LogP contribution in [0.5, 0.6) is 0 Å². The summed E-state index contributed by atoms with van der Waals surface area (Å²) >= 11 is 1.22. The smallest absolute Gasteiger partial charge is 0.250 e. The Bertz CT molecular complexity index is 1010. The van der Waals surface area contributed by atoms with Gasteiger partial charge in [-0.1, -0.05) is 18.2 Å². The maximum atomic E-state index is 12.3. The summed E-state index contributed by atoms with van der Waals surface area (Å²) in [5.41, 5.74) is 2.03. The molecule has 0 saturated carbocycles. The fraction of sp³-hybridized carbons (Fsp3) is 0.421. The minimum Gasteiger partial charge on any atom is -0.379 e. The molecule has 0 aliphatic carbocycles. The quantitative estimate of drug-likeness (QED) is 0.603. The van der Waals surface area contributed by atoms with E-state index in [1.807, 2.05) is 18.2 Å². The van der Waals surface area contributed by atoms with E-state index < -0.39 is 10.0 Å². The Balaban J connectivity index is 1.46. The van der Waals surface area contributed by atoms with E-state index in [9.17, 15) is 8.42 Å². The zero-order chi connectivity index (χ0) is 19.4. The van der Waals surface area contributed by atoms with Gasteiger partial charge in [-0.15, -0.1) is 11.3 Å². The number of fused-ring (bicyclic) bond motifs is 1. The standard InChI is InChI=1S/C19H24N4O3S2/c24-28(25,19-6-3-15-27-19)20-8-7-18-21-16-4-1-2-5-17(16)23(18)10-9-22-11-13-26-14-12-22/h1-6,15,20H,7-14H2. The van der Waals surface area contributed by atoms with Crippen molar-refractivity contribution in [1.82, 2.24) is 19.2 Å². The van der Waals surface area contributed by atoms with Crippen molar-refractivity contribution in [1.29, 1.82) is 0 Å². The van der Waals surface area contributed by atoms with Crippen LogP contribution >= 0.6 is 11.3 Å². The molecule has 4 rings (SSSR count). The Morgan fingerprint density at radius 2 is 1.93 bits per heavy atom. The lowest BCUT2D eigenvalue weighted by molar-refractivity contribution is 0.0364. The number of ether oxygens (including phenoxy) is 1. The van der Waals surface area contributed by atoms with Crippen molar-refractivity contribution < 1.29 is 13.2 Å². The third-order valence-corrected chi connectivity index (χ3v) is 7.74. The first-order valence-corrected chi connectivity index (χ1v) is 11.8. The second-order valence-corrected chi connectivity index (χ2v) is 9.64. The van der Waals surface area contributed by atoms with Gasteiger partial charge < -0.3 is 9.30 Å². The number of nitrogens with zero attached hydrogens (tertiary/aromatic N) is 3. The predicted molar refractivity (Wildman–Crippen MR) is 110 cm³/mol. The van der Waals surface area contributed by atoms with Crippen molar-refractivity contribution in [3.63, 3.8) is 0 Å². The van der Waals surface area contributed by atoms with E-state index in [1.165, 1.54) is 11.3 Å². The second-order valence-electron chi connectivity index (χ2n) is 6.70. The van der Waals surface area contributed by atoms with E-state index in [1.54, 1.807) is 17.5 Å². The van der Waals surface area contributed by atoms with Crippen LogP contribution in [0.25, 0.3) is 11.0 Å². The van der Waals surface area contributed by atoms with Crippen molar-refractivity contribution in [3.8, 4) is 0 Å². The molecule has 28 heavy (non-hydrogen) atoms. The van der Waals surface area contributed by atoms with E-state index >= 15 is 0 Å². The average Bonchev–Trinajstić information content (AvgIpc) is 3.36. The van der Waals surface area contributed by atoms with Gasteiger partial charge in [-0.2, -0.15) is 0 Å². The molecule has 2 aromatic heterocycles. The number of imidazole rings is 1. The van der Waals surface area contributed by atoms with Crippen LogP contribution < -0.4 is 4.72 Å². The molecule has 1 aliphatic heterocycles. The van der Waals surface area contributed by atoms with Gasteiger partial charge in [0.1, 0.15) is 10.0 Å². The van der Waals surface area contributed by atoms with Crippen LogP contribution in [0.1, 0.15) is 5.82 Å². The molecule has 1 aliphatic rings. The average molecular weight is 421 g/mol. The van der Waals surface area contributed by atoms with Crippen LogP contribution in [0.4, 0.5) is 0 Å². The van der Waals surface area contributed by atoms with E-state index in [4.69, 9.17) is 9.72 Å². The molecule has 3 heterocycles. The molecule has 0 radical (unpaired) electrons. The SMILES string of the molecule is O=S(=O)(NCCc1nc2ccccc2n1CCN1CCOCC1)c1cccs1. The molecule has 9 heteroatoms. The highest BCUT2D eigenvalue weighted by atomic mass is 32.2. The number of para-hydroxylation sites is 2. The van der Waals surface area contributed by atoms with Gasteiger partial charge >= 0.3 is 0 Å². The van der Waals surface area contributed by atoms with E-state index in [-0.39, 0.29) is 0 Å². The topological polar surface area (TPSA) is 76.5 Å². The molecule has 3 aromatic rings. The van der Waals surface area contributed by atoms with Gasteiger partial charge in [-0.05, 0) is 23.6 Å². The monoisotopic (exact) mass is 420 g/mol. The lowest BCUT2D eigenvalue weighted by atomic mass is 10.3. The first-order chi connectivity index (χ1) is 13.6. The van der Waals surface area contributed by atoms with Crippen LogP contribution in [0.15, 0.2) is 46.0 Å². The summed E-state index contributed by atoms with van der Waals surface area (Å²) in [6.07, 6.45) is 0.544. The zero-order valence-electron chi connectivity index (χ0n) is 15.6. The molecular formula is C19H24N4O3S2. The van der Waals surface area contributed by atoms with E-state index in [0.29, 0.717) is 17.2 Å². The lowest BCUT2D eigenvalue weighted by Crippen LogP contribution is -2.38. The second kappa shape index (κ2) is 8.71. The third-order valence-electron chi connectivity index (χ3n) is 4.88. The van der Waals surface area contributed by atoms with Gasteiger partial charge in [0.25, 0.3) is 0 Å². The van der Waals surface area contributed by atoms with Crippen molar-refractivity contribution in [2.45, 2.75) is 17.2 Å². The van der Waals surface area contributed by atoms with Crippen LogP contribution in [0.2, 0.25) is 0 Å². The van der Waals surface area contributed by atoms with Crippen LogP contribution in [0.3, 0.4) is 0 Å². The zero-order valence-corrected chi connectivity index (χ0v) is 17.2. The van der Waals surface area contributed by atoms with Crippen molar-refractivity contribution in [2.24, 2.45) is 0 Å². The molecule has 1 N–H and O–H groups in total. The molecule has 0 spiro atoms. The van der Waals surface area contributed by atoms with Gasteiger partial charge in [-0.25, -0.2) is 18.1 Å². The number of rotatable bonds is 8. The highest BCUT2D eigenvalue weighted by Crippen LogP contribution is 2.18. The highest BCUT2D eigenvalue weighted by molar-refractivity contribution is 7.91. The summed E-state index contributed by atoms with van der Waals surface area (Å²) < 4.78 is 35.3. The predicted octanol–water partition coefficient (Wildman–Crippen LogP) is 1.95. The molecule has 0 amide bonds. The van der Waals surface area contributed by atoms with Crippen molar-refractivity contribution >= 4 is 32.4 Å². The maximum Gasteiger partial charge on any atom is 0.250 e. The highest BCUT2D eigenvalue weighted by Gasteiger charge is 2.17. The van der Waals surface area contributed by atoms with Gasteiger partial charge in [-0.3, -0.25) is 4.90 Å². The molecule has 1 saturated heterocycles. The Morgan fingerprint density at radius 3 is 2.71 bits per heavy atom. The molecule has 0 unspecified atom stereocenters. The number of hydrogen-bond donors (Lipinski definition) is 1. The van der Waals surface area contributed by atoms with Gasteiger partial charge in [0.15, 0.2) is 0 Å². The Kier molecular flexibility index (Phi) is 6.07. The third kappa shape index (κ3) is 4.44. The van der Waals surface area contributed by atoms with Crippen molar-refractivity contribution in [2.75, 3.05) is 39.4 Å². The Morgan fingerprint density at radius 1 is 1.11 bits per heavy atom. The molecule has 150 valence electrons. The first kappa shape index (κ1) is 19.5. The molecule has 1 aromatic carbocycles. The maximum absolute atomic E-state index is 12.3. The molecule has 1 fully saturated rings. The summed E-state index contributed by atoms with van der Waals surface area (Å²) in [6, 6.07) is 11.4. The number of benzene rings is 1. The number of aromatic nitrogens is 2. The van der Waals surface area contributed by atoms with Crippen LogP contribution in [-0.4, -0.2) is 62.3 Å². The number of nitrogens with one attached hydrogen (secondary N) is 1. The van der Waals surface area contributed by atoms with E-state index in [2.05, 4.69) is 20.3 Å². The minimum atomic E-state index is -3.45. The number of morpholine rings is 1. The summed E-state index contributed by atoms with van der Waals surface area (Å²) in [7, 11) is -3.45. The van der Waals surface area contributed by atoms with Crippen molar-refractivity contribution in [3.05, 3.63) is 47.6 Å². The number of hydrogen-bond acceptors (Lipinski definition) is 6. The Hall–Kier alpha value is -1.78. The molecule has 7 nitrogen and oxygen atoms in total. The fourth-order valence-corrected chi connectivity index (χ4v) is 5.49. The Labute approximate surface area is 169 Å².